The van der Waals surface area contributed by atoms with Crippen molar-refractivity contribution in [3.63, 3.8) is 0 Å². The zero-order chi connectivity index (χ0) is 29.3. The van der Waals surface area contributed by atoms with Crippen LogP contribution in [0.1, 0.15) is 12.8 Å². The van der Waals surface area contributed by atoms with Crippen molar-refractivity contribution in [1.82, 2.24) is 4.57 Å². The van der Waals surface area contributed by atoms with Crippen molar-refractivity contribution in [1.29, 1.82) is 0 Å². The van der Waals surface area contributed by atoms with E-state index in [2.05, 4.69) is 179 Å². The van der Waals surface area contributed by atoms with Crippen LogP contribution in [0.2, 0.25) is 0 Å². The van der Waals surface area contributed by atoms with E-state index in [0.29, 0.717) is 0 Å². The Morgan fingerprint density at radius 1 is 0.432 bits per heavy atom. The molecule has 210 valence electrons. The quantitative estimate of drug-likeness (QED) is 0.195. The molecule has 2 nitrogen and oxygen atoms in total. The van der Waals surface area contributed by atoms with E-state index in [1.165, 1.54) is 55.4 Å². The van der Waals surface area contributed by atoms with Crippen LogP contribution in [0.5, 0.6) is 0 Å². The topological polar surface area (TPSA) is 8.17 Å². The number of hydrogen-bond acceptors (Lipinski definition) is 1. The average molecular weight is 565 g/mol. The summed E-state index contributed by atoms with van der Waals surface area (Å²) in [6, 6.07) is 54.7. The molecule has 0 saturated carbocycles. The summed E-state index contributed by atoms with van der Waals surface area (Å²) in [6.07, 6.45) is 9.00. The van der Waals surface area contributed by atoms with Gasteiger partial charge in [0.05, 0.1) is 11.0 Å². The third kappa shape index (κ3) is 4.71. The number of hydrogen-bond donors (Lipinski definition) is 0. The number of aromatic nitrogens is 1. The van der Waals surface area contributed by atoms with Crippen LogP contribution in [0.3, 0.4) is 0 Å². The molecule has 0 atom stereocenters. The summed E-state index contributed by atoms with van der Waals surface area (Å²) >= 11 is 0. The molecule has 0 bridgehead atoms. The van der Waals surface area contributed by atoms with Crippen LogP contribution in [0, 0.1) is 0 Å². The van der Waals surface area contributed by atoms with Gasteiger partial charge in [0, 0.05) is 33.5 Å². The molecule has 1 aliphatic carbocycles. The van der Waals surface area contributed by atoms with Gasteiger partial charge in [-0.2, -0.15) is 0 Å². The molecule has 0 saturated heterocycles. The molecule has 44 heavy (non-hydrogen) atoms. The van der Waals surface area contributed by atoms with E-state index in [1.807, 2.05) is 0 Å². The summed E-state index contributed by atoms with van der Waals surface area (Å²) in [6.45, 7) is 0. The zero-order valence-corrected chi connectivity index (χ0v) is 24.5. The highest BCUT2D eigenvalue weighted by Crippen LogP contribution is 2.36. The van der Waals surface area contributed by atoms with E-state index in [0.717, 1.165) is 24.2 Å². The van der Waals surface area contributed by atoms with Gasteiger partial charge in [-0.3, -0.25) is 0 Å². The predicted molar refractivity (Wildman–Crippen MR) is 187 cm³/mol. The first kappa shape index (κ1) is 26.1. The highest BCUT2D eigenvalue weighted by Gasteiger charge is 2.16. The van der Waals surface area contributed by atoms with Gasteiger partial charge < -0.3 is 9.47 Å². The lowest BCUT2D eigenvalue weighted by Crippen LogP contribution is -2.16. The van der Waals surface area contributed by atoms with Gasteiger partial charge in [-0.25, -0.2) is 0 Å². The van der Waals surface area contributed by atoms with Crippen LogP contribution in [0.15, 0.2) is 176 Å². The second-order valence-corrected chi connectivity index (χ2v) is 11.3. The zero-order valence-electron chi connectivity index (χ0n) is 24.5. The molecule has 0 spiro atoms. The van der Waals surface area contributed by atoms with E-state index >= 15 is 0 Å². The lowest BCUT2D eigenvalue weighted by Gasteiger charge is -2.28. The number of rotatable bonds is 6. The first-order valence-electron chi connectivity index (χ1n) is 15.3. The molecular formula is C42H32N2. The minimum Gasteiger partial charge on any atom is -0.311 e. The Kier molecular flexibility index (Phi) is 6.66. The van der Waals surface area contributed by atoms with Crippen LogP contribution < -0.4 is 4.90 Å². The van der Waals surface area contributed by atoms with Crippen molar-refractivity contribution in [3.05, 3.63) is 176 Å². The maximum atomic E-state index is 2.36. The van der Waals surface area contributed by atoms with Crippen molar-refractivity contribution < 1.29 is 0 Å². The molecule has 0 unspecified atom stereocenters. The van der Waals surface area contributed by atoms with Crippen molar-refractivity contribution in [2.24, 2.45) is 0 Å². The first-order valence-corrected chi connectivity index (χ1v) is 15.3. The maximum absolute atomic E-state index is 2.36. The normalized spacial score (nSPS) is 12.9. The summed E-state index contributed by atoms with van der Waals surface area (Å²) in [7, 11) is 0. The minimum atomic E-state index is 1.06. The molecule has 0 N–H and O–H groups in total. The van der Waals surface area contributed by atoms with Crippen molar-refractivity contribution in [3.8, 4) is 27.9 Å². The second kappa shape index (κ2) is 11.2. The second-order valence-electron chi connectivity index (χ2n) is 11.3. The number of para-hydroxylation sites is 2. The van der Waals surface area contributed by atoms with Crippen LogP contribution in [0.4, 0.5) is 11.4 Å². The Balaban J connectivity index is 1.11. The van der Waals surface area contributed by atoms with E-state index in [9.17, 15) is 0 Å². The molecule has 0 fully saturated rings. The summed E-state index contributed by atoms with van der Waals surface area (Å²) in [5.41, 5.74) is 12.0. The van der Waals surface area contributed by atoms with Crippen LogP contribution in [0.25, 0.3) is 49.7 Å². The van der Waals surface area contributed by atoms with Gasteiger partial charge in [0.1, 0.15) is 0 Å². The number of nitrogens with zero attached hydrogens (tertiary/aromatic N) is 2. The van der Waals surface area contributed by atoms with Gasteiger partial charge in [-0.1, -0.05) is 115 Å². The van der Waals surface area contributed by atoms with Crippen molar-refractivity contribution in [2.75, 3.05) is 4.90 Å². The fourth-order valence-corrected chi connectivity index (χ4v) is 6.45. The van der Waals surface area contributed by atoms with Gasteiger partial charge in [0.2, 0.25) is 0 Å². The molecule has 0 amide bonds. The van der Waals surface area contributed by atoms with Gasteiger partial charge in [-0.15, -0.1) is 0 Å². The van der Waals surface area contributed by atoms with Crippen molar-refractivity contribution >= 4 is 33.2 Å². The molecule has 1 aliphatic rings. The van der Waals surface area contributed by atoms with Gasteiger partial charge in [0.15, 0.2) is 0 Å². The van der Waals surface area contributed by atoms with E-state index < -0.39 is 0 Å². The third-order valence-corrected chi connectivity index (χ3v) is 8.63. The minimum absolute atomic E-state index is 1.06. The predicted octanol–water partition coefficient (Wildman–Crippen LogP) is 11.5. The molecule has 0 aliphatic heterocycles. The number of allylic oxidation sites excluding steroid dienone is 3. The molecule has 8 rings (SSSR count). The fourth-order valence-electron chi connectivity index (χ4n) is 6.45. The maximum Gasteiger partial charge on any atom is 0.0541 e. The monoisotopic (exact) mass is 564 g/mol. The average Bonchev–Trinajstić information content (AvgIpc) is 3.44. The number of fused-ring (bicyclic) bond motifs is 3. The fraction of sp³-hybridized carbons (Fsp3) is 0.0476. The Labute approximate surface area is 258 Å². The Morgan fingerprint density at radius 2 is 0.909 bits per heavy atom. The van der Waals surface area contributed by atoms with Crippen LogP contribution in [-0.2, 0) is 0 Å². The van der Waals surface area contributed by atoms with Crippen LogP contribution >= 0.6 is 0 Å². The lowest BCUT2D eigenvalue weighted by molar-refractivity contribution is 0.997. The highest BCUT2D eigenvalue weighted by atomic mass is 15.1. The molecular weight excluding hydrogens is 532 g/mol. The first-order chi connectivity index (χ1) is 21.8. The summed E-state index contributed by atoms with van der Waals surface area (Å²) < 4.78 is 2.36. The van der Waals surface area contributed by atoms with Crippen LogP contribution in [-0.4, -0.2) is 4.57 Å². The van der Waals surface area contributed by atoms with E-state index in [4.69, 9.17) is 0 Å². The lowest BCUT2D eigenvalue weighted by atomic mass is 10.0. The standard InChI is InChI=1S/C42H32N2/c1-3-11-31(12-4-1)32-19-25-36(26-20-32)43(35-13-5-2-6-14-35)37-27-21-33(22-28-37)34-23-29-38(30-24-34)44-41-17-9-7-15-39(41)40-16-8-10-18-42(40)44/h1,3-5,7-30H,2,6H2. The number of anilines is 2. The molecule has 1 aromatic heterocycles. The molecule has 7 aromatic rings. The van der Waals surface area contributed by atoms with Crippen molar-refractivity contribution in [2.45, 2.75) is 12.8 Å². The highest BCUT2D eigenvalue weighted by molar-refractivity contribution is 6.09. The molecule has 0 radical (unpaired) electrons. The summed E-state index contributed by atoms with van der Waals surface area (Å²) in [4.78, 5) is 2.36. The van der Waals surface area contributed by atoms with E-state index in [1.54, 1.807) is 0 Å². The number of benzene rings is 6. The summed E-state index contributed by atoms with van der Waals surface area (Å²) in [5, 5.41) is 2.56. The van der Waals surface area contributed by atoms with Gasteiger partial charge >= 0.3 is 0 Å². The Bertz CT molecular complexity index is 2080. The summed E-state index contributed by atoms with van der Waals surface area (Å²) in [5.74, 6) is 0. The Morgan fingerprint density at radius 3 is 1.43 bits per heavy atom. The Hall–Kier alpha value is -5.60. The smallest absolute Gasteiger partial charge is 0.0541 e. The largest absolute Gasteiger partial charge is 0.311 e. The molecule has 6 aromatic carbocycles. The van der Waals surface area contributed by atoms with Gasteiger partial charge in [0.25, 0.3) is 0 Å². The van der Waals surface area contributed by atoms with E-state index in [-0.39, 0.29) is 0 Å². The third-order valence-electron chi connectivity index (χ3n) is 8.63. The van der Waals surface area contributed by atoms with Gasteiger partial charge in [-0.05, 0) is 89.7 Å². The molecule has 2 heteroatoms. The molecule has 1 heterocycles. The SMILES string of the molecule is C1=CC(N(c2ccc(-c3ccccc3)cc2)c2ccc(-c3ccc(-n4c5ccccc5c5ccccc54)cc3)cc2)=CCC1.